The first-order chi connectivity index (χ1) is 12.7. The lowest BCUT2D eigenvalue weighted by atomic mass is 10.2. The largest absolute Gasteiger partial charge is 0.493 e. The minimum absolute atomic E-state index is 0. The molecule has 2 aromatic rings. The zero-order chi connectivity index (χ0) is 18.9. The smallest absolute Gasteiger partial charge is 0.276 e. The van der Waals surface area contributed by atoms with E-state index in [1.807, 2.05) is 19.1 Å². The normalized spacial score (nSPS) is 10.6. The Hall–Kier alpha value is -1.64. The van der Waals surface area contributed by atoms with Crippen LogP contribution in [-0.4, -0.2) is 61.3 Å². The highest BCUT2D eigenvalue weighted by Gasteiger charge is 2.18. The van der Waals surface area contributed by atoms with Crippen LogP contribution < -0.4 is 14.2 Å². The number of halogens is 1. The van der Waals surface area contributed by atoms with Gasteiger partial charge in [0, 0.05) is 17.9 Å². The van der Waals surface area contributed by atoms with Gasteiger partial charge in [-0.1, -0.05) is 25.6 Å². The molecule has 1 heterocycles. The SMILES string of the molecule is CCOc1c(OC)cc(-c2nnc(SCCN(CC)CC)o2)cc1OC.Cl. The predicted molar refractivity (Wildman–Crippen MR) is 110 cm³/mol. The maximum Gasteiger partial charge on any atom is 0.276 e. The molecule has 0 atom stereocenters. The number of ether oxygens (including phenoxy) is 3. The van der Waals surface area contributed by atoms with E-state index in [2.05, 4.69) is 28.9 Å². The molecule has 9 heteroatoms. The van der Waals surface area contributed by atoms with E-state index in [-0.39, 0.29) is 12.4 Å². The van der Waals surface area contributed by atoms with Gasteiger partial charge in [-0.05, 0) is 32.1 Å². The highest BCUT2D eigenvalue weighted by molar-refractivity contribution is 7.99. The third-order valence-corrected chi connectivity index (χ3v) is 4.73. The summed E-state index contributed by atoms with van der Waals surface area (Å²) in [7, 11) is 3.17. The molecule has 0 spiro atoms. The molecule has 0 fully saturated rings. The number of aromatic nitrogens is 2. The van der Waals surface area contributed by atoms with Gasteiger partial charge >= 0.3 is 0 Å². The van der Waals surface area contributed by atoms with Gasteiger partial charge in [0.2, 0.25) is 11.6 Å². The van der Waals surface area contributed by atoms with E-state index < -0.39 is 0 Å². The average Bonchev–Trinajstić information content (AvgIpc) is 3.14. The third kappa shape index (κ3) is 6.19. The number of methoxy groups -OCH3 is 2. The van der Waals surface area contributed by atoms with Crippen LogP contribution in [0.5, 0.6) is 17.2 Å². The monoisotopic (exact) mass is 417 g/mol. The molecule has 152 valence electrons. The number of rotatable bonds is 11. The summed E-state index contributed by atoms with van der Waals surface area (Å²) in [5.41, 5.74) is 0.727. The van der Waals surface area contributed by atoms with Gasteiger partial charge in [0.05, 0.1) is 20.8 Å². The lowest BCUT2D eigenvalue weighted by Crippen LogP contribution is -2.25. The number of benzene rings is 1. The summed E-state index contributed by atoms with van der Waals surface area (Å²) in [6, 6.07) is 3.62. The second kappa shape index (κ2) is 11.9. The highest BCUT2D eigenvalue weighted by atomic mass is 35.5. The van der Waals surface area contributed by atoms with E-state index in [1.54, 1.807) is 26.0 Å². The zero-order valence-corrected chi connectivity index (χ0v) is 18.1. The highest BCUT2D eigenvalue weighted by Crippen LogP contribution is 2.41. The first-order valence-corrected chi connectivity index (χ1v) is 9.73. The van der Waals surface area contributed by atoms with E-state index in [1.165, 1.54) is 0 Å². The van der Waals surface area contributed by atoms with Crippen molar-refractivity contribution in [3.8, 4) is 28.7 Å². The molecule has 1 aromatic heterocycles. The van der Waals surface area contributed by atoms with Crippen molar-refractivity contribution in [2.75, 3.05) is 46.2 Å². The van der Waals surface area contributed by atoms with E-state index in [0.717, 1.165) is 31.0 Å². The fraction of sp³-hybridized carbons (Fsp3) is 0.556. The van der Waals surface area contributed by atoms with Gasteiger partial charge in [0.25, 0.3) is 5.22 Å². The summed E-state index contributed by atoms with van der Waals surface area (Å²) in [5.74, 6) is 3.02. The summed E-state index contributed by atoms with van der Waals surface area (Å²) in [4.78, 5) is 2.35. The topological polar surface area (TPSA) is 69.9 Å². The van der Waals surface area contributed by atoms with Crippen LogP contribution in [0.15, 0.2) is 21.8 Å². The van der Waals surface area contributed by atoms with Crippen molar-refractivity contribution in [2.24, 2.45) is 0 Å². The second-order valence-electron chi connectivity index (χ2n) is 5.39. The Labute approximate surface area is 171 Å². The van der Waals surface area contributed by atoms with Crippen molar-refractivity contribution < 1.29 is 18.6 Å². The van der Waals surface area contributed by atoms with Crippen LogP contribution >= 0.6 is 24.2 Å². The Morgan fingerprint density at radius 1 is 1.04 bits per heavy atom. The number of nitrogens with zero attached hydrogens (tertiary/aromatic N) is 3. The minimum Gasteiger partial charge on any atom is -0.493 e. The van der Waals surface area contributed by atoms with Crippen LogP contribution in [0.4, 0.5) is 0 Å². The minimum atomic E-state index is 0. The number of hydrogen-bond acceptors (Lipinski definition) is 8. The molecule has 0 saturated heterocycles. The number of hydrogen-bond donors (Lipinski definition) is 0. The van der Waals surface area contributed by atoms with Gasteiger partial charge in [0.1, 0.15) is 0 Å². The van der Waals surface area contributed by atoms with Crippen LogP contribution in [0, 0.1) is 0 Å². The lowest BCUT2D eigenvalue weighted by molar-refractivity contribution is 0.288. The second-order valence-corrected chi connectivity index (χ2v) is 6.44. The third-order valence-electron chi connectivity index (χ3n) is 3.93. The van der Waals surface area contributed by atoms with E-state index in [4.69, 9.17) is 18.6 Å². The summed E-state index contributed by atoms with van der Waals surface area (Å²) in [6.45, 7) is 9.81. The maximum atomic E-state index is 5.79. The van der Waals surface area contributed by atoms with Crippen LogP contribution in [0.3, 0.4) is 0 Å². The Morgan fingerprint density at radius 3 is 2.19 bits per heavy atom. The maximum absolute atomic E-state index is 5.79. The first kappa shape index (κ1) is 23.4. The van der Waals surface area contributed by atoms with Gasteiger partial charge in [-0.25, -0.2) is 0 Å². The van der Waals surface area contributed by atoms with Crippen molar-refractivity contribution >= 4 is 24.2 Å². The standard InChI is InChI=1S/C18H27N3O4S.ClH/c1-6-21(7-2)9-10-26-18-20-19-17(25-18)13-11-14(22-4)16(24-8-3)15(12-13)23-5;/h11-12H,6-10H2,1-5H3;1H. The molecular formula is C18H28ClN3O4S. The molecule has 0 aliphatic heterocycles. The van der Waals surface area contributed by atoms with Gasteiger partial charge < -0.3 is 23.5 Å². The average molecular weight is 418 g/mol. The fourth-order valence-electron chi connectivity index (χ4n) is 2.48. The molecule has 0 saturated carbocycles. The number of thioether (sulfide) groups is 1. The Morgan fingerprint density at radius 2 is 1.67 bits per heavy atom. The van der Waals surface area contributed by atoms with Crippen molar-refractivity contribution in [3.05, 3.63) is 12.1 Å². The Balaban J connectivity index is 0.00000364. The zero-order valence-electron chi connectivity index (χ0n) is 16.5. The summed E-state index contributed by atoms with van der Waals surface area (Å²) in [5, 5.41) is 8.83. The van der Waals surface area contributed by atoms with Crippen LogP contribution in [0.2, 0.25) is 0 Å². The van der Waals surface area contributed by atoms with Gasteiger partial charge in [-0.3, -0.25) is 0 Å². The van der Waals surface area contributed by atoms with E-state index in [9.17, 15) is 0 Å². The van der Waals surface area contributed by atoms with Gasteiger partial charge in [-0.2, -0.15) is 0 Å². The molecule has 0 aliphatic rings. The molecule has 0 bridgehead atoms. The van der Waals surface area contributed by atoms with Crippen LogP contribution in [0.25, 0.3) is 11.5 Å². The Kier molecular flexibility index (Phi) is 10.4. The molecule has 1 aromatic carbocycles. The Bertz CT molecular complexity index is 670. The lowest BCUT2D eigenvalue weighted by Gasteiger charge is -2.16. The molecular weight excluding hydrogens is 390 g/mol. The summed E-state index contributed by atoms with van der Waals surface area (Å²) >= 11 is 1.56. The summed E-state index contributed by atoms with van der Waals surface area (Å²) in [6.07, 6.45) is 0. The summed E-state index contributed by atoms with van der Waals surface area (Å²) < 4.78 is 22.2. The molecule has 2 rings (SSSR count). The molecule has 0 unspecified atom stereocenters. The molecule has 0 amide bonds. The van der Waals surface area contributed by atoms with Crippen molar-refractivity contribution in [1.82, 2.24) is 15.1 Å². The van der Waals surface area contributed by atoms with Gasteiger partial charge in [-0.15, -0.1) is 22.6 Å². The van der Waals surface area contributed by atoms with Crippen molar-refractivity contribution in [3.63, 3.8) is 0 Å². The molecule has 0 N–H and O–H groups in total. The van der Waals surface area contributed by atoms with Gasteiger partial charge in [0.15, 0.2) is 11.5 Å². The van der Waals surface area contributed by atoms with Crippen LogP contribution in [-0.2, 0) is 0 Å². The molecule has 0 radical (unpaired) electrons. The van der Waals surface area contributed by atoms with Crippen molar-refractivity contribution in [2.45, 2.75) is 26.0 Å². The van der Waals surface area contributed by atoms with Crippen LogP contribution in [0.1, 0.15) is 20.8 Å². The fourth-order valence-corrected chi connectivity index (χ4v) is 3.24. The van der Waals surface area contributed by atoms with E-state index >= 15 is 0 Å². The molecule has 27 heavy (non-hydrogen) atoms. The van der Waals surface area contributed by atoms with E-state index in [0.29, 0.717) is 35.0 Å². The predicted octanol–water partition coefficient (Wildman–Crippen LogP) is 4.01. The molecule has 0 aliphatic carbocycles. The van der Waals surface area contributed by atoms with Crippen molar-refractivity contribution in [1.29, 1.82) is 0 Å². The quantitative estimate of drug-likeness (QED) is 0.508. The first-order valence-electron chi connectivity index (χ1n) is 8.74. The molecule has 7 nitrogen and oxygen atoms in total.